The van der Waals surface area contributed by atoms with Crippen molar-refractivity contribution < 1.29 is 4.74 Å². The van der Waals surface area contributed by atoms with E-state index in [9.17, 15) is 0 Å². The molecule has 0 amide bonds. The lowest BCUT2D eigenvalue weighted by Crippen LogP contribution is -2.52. The highest BCUT2D eigenvalue weighted by Crippen LogP contribution is 2.17. The zero-order chi connectivity index (χ0) is 9.19. The van der Waals surface area contributed by atoms with E-state index in [4.69, 9.17) is 4.74 Å². The summed E-state index contributed by atoms with van der Waals surface area (Å²) in [5.41, 5.74) is 0.312. The molecular weight excluding hydrogens is 150 g/mol. The second kappa shape index (κ2) is 3.75. The number of nitrogens with zero attached hydrogens (tertiary/aromatic N) is 1. The fourth-order valence-electron chi connectivity index (χ4n) is 1.25. The molecule has 2 heteroatoms. The average molecular weight is 171 g/mol. The van der Waals surface area contributed by atoms with E-state index >= 15 is 0 Å². The third-order valence-electron chi connectivity index (χ3n) is 2.12. The summed E-state index contributed by atoms with van der Waals surface area (Å²) in [6.07, 6.45) is 0.504. The SMILES string of the molecule is CCN1CC(OCC(C)(C)C)C1. The molecule has 0 bridgehead atoms. The molecule has 0 aromatic carbocycles. The summed E-state index contributed by atoms with van der Waals surface area (Å²) in [5, 5.41) is 0. The molecule has 0 aliphatic carbocycles. The van der Waals surface area contributed by atoms with E-state index in [0.29, 0.717) is 11.5 Å². The van der Waals surface area contributed by atoms with Crippen molar-refractivity contribution in [3.8, 4) is 0 Å². The topological polar surface area (TPSA) is 12.5 Å². The van der Waals surface area contributed by atoms with Gasteiger partial charge in [-0.05, 0) is 12.0 Å². The summed E-state index contributed by atoms with van der Waals surface area (Å²) >= 11 is 0. The Hall–Kier alpha value is -0.0800. The van der Waals surface area contributed by atoms with Crippen molar-refractivity contribution in [2.24, 2.45) is 5.41 Å². The molecule has 0 unspecified atom stereocenters. The highest BCUT2D eigenvalue weighted by atomic mass is 16.5. The van der Waals surface area contributed by atoms with Gasteiger partial charge in [-0.3, -0.25) is 4.90 Å². The van der Waals surface area contributed by atoms with E-state index in [1.54, 1.807) is 0 Å². The smallest absolute Gasteiger partial charge is 0.0828 e. The van der Waals surface area contributed by atoms with Gasteiger partial charge < -0.3 is 4.74 Å². The van der Waals surface area contributed by atoms with Gasteiger partial charge in [-0.15, -0.1) is 0 Å². The number of ether oxygens (including phenoxy) is 1. The lowest BCUT2D eigenvalue weighted by atomic mass is 9.98. The molecule has 1 saturated heterocycles. The molecule has 0 saturated carbocycles. The average Bonchev–Trinajstić information content (AvgIpc) is 1.82. The molecule has 0 aromatic rings. The van der Waals surface area contributed by atoms with E-state index in [1.807, 2.05) is 0 Å². The maximum atomic E-state index is 5.73. The number of likely N-dealkylation sites (N-methyl/N-ethyl adjacent to an activating group) is 1. The third kappa shape index (κ3) is 3.11. The van der Waals surface area contributed by atoms with E-state index in [-0.39, 0.29) is 0 Å². The van der Waals surface area contributed by atoms with Gasteiger partial charge in [0.1, 0.15) is 0 Å². The van der Waals surface area contributed by atoms with Crippen molar-refractivity contribution in [1.29, 1.82) is 0 Å². The van der Waals surface area contributed by atoms with E-state index in [1.165, 1.54) is 0 Å². The van der Waals surface area contributed by atoms with Crippen LogP contribution in [0, 0.1) is 5.41 Å². The van der Waals surface area contributed by atoms with Crippen molar-refractivity contribution in [3.05, 3.63) is 0 Å². The molecule has 1 aliphatic rings. The van der Waals surface area contributed by atoms with Gasteiger partial charge in [0.05, 0.1) is 12.7 Å². The number of rotatable bonds is 3. The molecule has 72 valence electrons. The second-order valence-electron chi connectivity index (χ2n) is 4.85. The van der Waals surface area contributed by atoms with Crippen LogP contribution in [0.2, 0.25) is 0 Å². The van der Waals surface area contributed by atoms with Crippen LogP contribution in [0.4, 0.5) is 0 Å². The summed E-state index contributed by atoms with van der Waals surface area (Å²) in [5.74, 6) is 0. The van der Waals surface area contributed by atoms with Gasteiger partial charge >= 0.3 is 0 Å². The Labute approximate surface area is 75.9 Å². The fourth-order valence-corrected chi connectivity index (χ4v) is 1.25. The van der Waals surface area contributed by atoms with Crippen LogP contribution in [0.1, 0.15) is 27.7 Å². The Morgan fingerprint density at radius 1 is 1.33 bits per heavy atom. The summed E-state index contributed by atoms with van der Waals surface area (Å²) in [7, 11) is 0. The number of hydrogen-bond donors (Lipinski definition) is 0. The van der Waals surface area contributed by atoms with E-state index in [0.717, 1.165) is 26.2 Å². The minimum absolute atomic E-state index is 0.312. The van der Waals surface area contributed by atoms with Crippen molar-refractivity contribution in [1.82, 2.24) is 4.90 Å². The van der Waals surface area contributed by atoms with Gasteiger partial charge in [-0.25, -0.2) is 0 Å². The molecule has 0 spiro atoms. The van der Waals surface area contributed by atoms with Gasteiger partial charge in [0, 0.05) is 13.1 Å². The summed E-state index contributed by atoms with van der Waals surface area (Å²) in [6, 6.07) is 0. The van der Waals surface area contributed by atoms with Gasteiger partial charge in [0.25, 0.3) is 0 Å². The predicted molar refractivity (Wildman–Crippen MR) is 51.3 cm³/mol. The largest absolute Gasteiger partial charge is 0.375 e. The first kappa shape index (κ1) is 10.0. The Kier molecular flexibility index (Phi) is 3.13. The van der Waals surface area contributed by atoms with Crippen LogP contribution in [0.25, 0.3) is 0 Å². The maximum absolute atomic E-state index is 5.73. The van der Waals surface area contributed by atoms with Crippen molar-refractivity contribution in [2.45, 2.75) is 33.8 Å². The fraction of sp³-hybridized carbons (Fsp3) is 1.00. The maximum Gasteiger partial charge on any atom is 0.0828 e. The zero-order valence-corrected chi connectivity index (χ0v) is 8.76. The van der Waals surface area contributed by atoms with Crippen molar-refractivity contribution >= 4 is 0 Å². The van der Waals surface area contributed by atoms with Crippen molar-refractivity contribution in [2.75, 3.05) is 26.2 Å². The van der Waals surface area contributed by atoms with Crippen LogP contribution in [-0.2, 0) is 4.74 Å². The number of likely N-dealkylation sites (tertiary alicyclic amines) is 1. The van der Waals surface area contributed by atoms with Crippen LogP contribution in [0.15, 0.2) is 0 Å². The first-order chi connectivity index (χ1) is 5.51. The Bertz CT molecular complexity index is 133. The summed E-state index contributed by atoms with van der Waals surface area (Å²) in [4.78, 5) is 2.40. The highest BCUT2D eigenvalue weighted by molar-refractivity contribution is 4.80. The Morgan fingerprint density at radius 2 is 1.92 bits per heavy atom. The lowest BCUT2D eigenvalue weighted by molar-refractivity contribution is -0.0737. The van der Waals surface area contributed by atoms with E-state index in [2.05, 4.69) is 32.6 Å². The van der Waals surface area contributed by atoms with Crippen LogP contribution >= 0.6 is 0 Å². The molecule has 1 fully saturated rings. The normalized spacial score (nSPS) is 21.0. The quantitative estimate of drug-likeness (QED) is 0.641. The minimum atomic E-state index is 0.312. The van der Waals surface area contributed by atoms with Gasteiger partial charge in [-0.2, -0.15) is 0 Å². The molecule has 0 atom stereocenters. The lowest BCUT2D eigenvalue weighted by Gasteiger charge is -2.39. The molecule has 1 rings (SSSR count). The van der Waals surface area contributed by atoms with Crippen LogP contribution < -0.4 is 0 Å². The monoisotopic (exact) mass is 171 g/mol. The van der Waals surface area contributed by atoms with Crippen LogP contribution in [-0.4, -0.2) is 37.2 Å². The molecule has 0 aromatic heterocycles. The molecular formula is C10H21NO. The molecule has 2 nitrogen and oxygen atoms in total. The van der Waals surface area contributed by atoms with Gasteiger partial charge in [0.15, 0.2) is 0 Å². The Morgan fingerprint density at radius 3 is 2.33 bits per heavy atom. The predicted octanol–water partition coefficient (Wildman–Crippen LogP) is 1.75. The standard InChI is InChI=1S/C10H21NO/c1-5-11-6-9(7-11)12-8-10(2,3)4/h9H,5-8H2,1-4H3. The van der Waals surface area contributed by atoms with Gasteiger partial charge in [0.2, 0.25) is 0 Å². The molecule has 0 radical (unpaired) electrons. The third-order valence-corrected chi connectivity index (χ3v) is 2.12. The highest BCUT2D eigenvalue weighted by Gasteiger charge is 2.26. The summed E-state index contributed by atoms with van der Waals surface area (Å²) in [6.45, 7) is 13.1. The van der Waals surface area contributed by atoms with Crippen LogP contribution in [0.5, 0.6) is 0 Å². The number of hydrogen-bond acceptors (Lipinski definition) is 2. The molecule has 1 aliphatic heterocycles. The molecule has 1 heterocycles. The zero-order valence-electron chi connectivity index (χ0n) is 8.76. The second-order valence-corrected chi connectivity index (χ2v) is 4.85. The van der Waals surface area contributed by atoms with Gasteiger partial charge in [-0.1, -0.05) is 27.7 Å². The minimum Gasteiger partial charge on any atom is -0.375 e. The first-order valence-corrected chi connectivity index (χ1v) is 4.85. The Balaban J connectivity index is 2.04. The molecule has 12 heavy (non-hydrogen) atoms. The molecule has 0 N–H and O–H groups in total. The van der Waals surface area contributed by atoms with E-state index < -0.39 is 0 Å². The van der Waals surface area contributed by atoms with Crippen LogP contribution in [0.3, 0.4) is 0 Å². The van der Waals surface area contributed by atoms with Crippen molar-refractivity contribution in [3.63, 3.8) is 0 Å². The first-order valence-electron chi connectivity index (χ1n) is 4.85. The summed E-state index contributed by atoms with van der Waals surface area (Å²) < 4.78 is 5.73.